The molecule has 0 fully saturated rings. The molecule has 2 aromatic heterocycles. The predicted octanol–water partition coefficient (Wildman–Crippen LogP) is 3.06. The fourth-order valence-corrected chi connectivity index (χ4v) is 2.80. The third-order valence-corrected chi connectivity index (χ3v) is 4.01. The zero-order valence-electron chi connectivity index (χ0n) is 14.1. The first-order chi connectivity index (χ1) is 12.1. The monoisotopic (exact) mass is 334 g/mol. The van der Waals surface area contributed by atoms with E-state index in [0.29, 0.717) is 24.2 Å². The second kappa shape index (κ2) is 7.05. The Balaban J connectivity index is 1.66. The molecule has 0 saturated heterocycles. The van der Waals surface area contributed by atoms with Crippen LogP contribution in [0.1, 0.15) is 27.3 Å². The number of furan rings is 1. The van der Waals surface area contributed by atoms with Gasteiger partial charge in [0.1, 0.15) is 5.76 Å². The van der Waals surface area contributed by atoms with E-state index in [1.807, 2.05) is 36.7 Å². The van der Waals surface area contributed by atoms with Crippen molar-refractivity contribution in [3.63, 3.8) is 0 Å². The van der Waals surface area contributed by atoms with Crippen LogP contribution in [0, 0.1) is 25.2 Å². The van der Waals surface area contributed by atoms with Gasteiger partial charge in [0, 0.05) is 17.8 Å². The maximum atomic E-state index is 12.2. The molecule has 3 aromatic rings. The fourth-order valence-electron chi connectivity index (χ4n) is 2.80. The molecule has 6 nitrogen and oxygen atoms in total. The minimum absolute atomic E-state index is 0.204. The highest BCUT2D eigenvalue weighted by molar-refractivity contribution is 5.94. The summed E-state index contributed by atoms with van der Waals surface area (Å²) in [6.07, 6.45) is 1.64. The summed E-state index contributed by atoms with van der Waals surface area (Å²) in [5.74, 6) is 0.587. The van der Waals surface area contributed by atoms with Crippen molar-refractivity contribution in [2.24, 2.45) is 0 Å². The number of carbonyl (C=O) groups excluding carboxylic acids is 1. The van der Waals surface area contributed by atoms with Gasteiger partial charge in [0.2, 0.25) is 0 Å². The Morgan fingerprint density at radius 2 is 2.16 bits per heavy atom. The predicted molar refractivity (Wildman–Crippen MR) is 92.9 cm³/mol. The summed E-state index contributed by atoms with van der Waals surface area (Å²) in [4.78, 5) is 12.2. The van der Waals surface area contributed by atoms with Gasteiger partial charge in [-0.05, 0) is 44.2 Å². The highest BCUT2D eigenvalue weighted by atomic mass is 16.3. The maximum absolute atomic E-state index is 12.2. The summed E-state index contributed by atoms with van der Waals surface area (Å²) >= 11 is 0. The van der Waals surface area contributed by atoms with Crippen LogP contribution in [0.3, 0.4) is 0 Å². The number of rotatable bonds is 5. The third kappa shape index (κ3) is 3.45. The average molecular weight is 334 g/mol. The van der Waals surface area contributed by atoms with Gasteiger partial charge in [0.15, 0.2) is 0 Å². The summed E-state index contributed by atoms with van der Waals surface area (Å²) in [5.41, 5.74) is 3.81. The standard InChI is InChI=1S/C19H18N4O2/c1-13-18(17-7-4-10-25-17)14(2)23(22-13)9-8-21-19(24)16-6-3-5-15(11-16)12-20/h3-7,10-11H,8-9H2,1-2H3,(H,21,24). The minimum atomic E-state index is -0.204. The van der Waals surface area contributed by atoms with Gasteiger partial charge in [-0.25, -0.2) is 0 Å². The molecule has 0 atom stereocenters. The van der Waals surface area contributed by atoms with Crippen molar-refractivity contribution < 1.29 is 9.21 Å². The number of hydrogen-bond acceptors (Lipinski definition) is 4. The van der Waals surface area contributed by atoms with Crippen molar-refractivity contribution in [2.45, 2.75) is 20.4 Å². The molecule has 0 aliphatic rings. The number of nitrogens with zero attached hydrogens (tertiary/aromatic N) is 3. The normalized spacial score (nSPS) is 10.4. The molecule has 0 saturated carbocycles. The number of nitrogens with one attached hydrogen (secondary N) is 1. The molecule has 1 N–H and O–H groups in total. The van der Waals surface area contributed by atoms with Crippen molar-refractivity contribution in [1.29, 1.82) is 5.26 Å². The van der Waals surface area contributed by atoms with Gasteiger partial charge in [-0.2, -0.15) is 10.4 Å². The highest BCUT2D eigenvalue weighted by Gasteiger charge is 2.15. The van der Waals surface area contributed by atoms with E-state index in [2.05, 4.69) is 10.4 Å². The van der Waals surface area contributed by atoms with Crippen LogP contribution in [0.25, 0.3) is 11.3 Å². The van der Waals surface area contributed by atoms with E-state index in [9.17, 15) is 4.79 Å². The Morgan fingerprint density at radius 3 is 2.88 bits per heavy atom. The van der Waals surface area contributed by atoms with Crippen LogP contribution in [-0.2, 0) is 6.54 Å². The zero-order valence-corrected chi connectivity index (χ0v) is 14.1. The Bertz CT molecular complexity index is 933. The minimum Gasteiger partial charge on any atom is -0.464 e. The van der Waals surface area contributed by atoms with Crippen LogP contribution in [0.15, 0.2) is 47.1 Å². The molecule has 1 amide bonds. The van der Waals surface area contributed by atoms with Gasteiger partial charge >= 0.3 is 0 Å². The van der Waals surface area contributed by atoms with E-state index in [0.717, 1.165) is 22.7 Å². The molecule has 0 bridgehead atoms. The molecule has 25 heavy (non-hydrogen) atoms. The maximum Gasteiger partial charge on any atom is 0.251 e. The van der Waals surface area contributed by atoms with Crippen molar-refractivity contribution in [2.75, 3.05) is 6.54 Å². The second-order valence-corrected chi connectivity index (χ2v) is 5.69. The number of hydrogen-bond donors (Lipinski definition) is 1. The molecular weight excluding hydrogens is 316 g/mol. The van der Waals surface area contributed by atoms with Gasteiger partial charge in [-0.1, -0.05) is 6.07 Å². The molecule has 0 radical (unpaired) electrons. The molecule has 0 spiro atoms. The van der Waals surface area contributed by atoms with Gasteiger partial charge in [-0.15, -0.1) is 0 Å². The van der Waals surface area contributed by atoms with Crippen LogP contribution in [0.5, 0.6) is 0 Å². The Labute approximate surface area is 145 Å². The molecule has 0 unspecified atom stereocenters. The van der Waals surface area contributed by atoms with Gasteiger partial charge < -0.3 is 9.73 Å². The van der Waals surface area contributed by atoms with E-state index in [4.69, 9.17) is 9.68 Å². The van der Waals surface area contributed by atoms with Crippen LogP contribution in [0.2, 0.25) is 0 Å². The molecule has 126 valence electrons. The Hall–Kier alpha value is -3.33. The molecule has 3 rings (SSSR count). The van der Waals surface area contributed by atoms with Crippen molar-refractivity contribution >= 4 is 5.91 Å². The molecular formula is C19H18N4O2. The Morgan fingerprint density at radius 1 is 1.32 bits per heavy atom. The summed E-state index contributed by atoms with van der Waals surface area (Å²) in [6, 6.07) is 12.4. The quantitative estimate of drug-likeness (QED) is 0.777. The van der Waals surface area contributed by atoms with E-state index in [1.54, 1.807) is 30.5 Å². The second-order valence-electron chi connectivity index (χ2n) is 5.69. The van der Waals surface area contributed by atoms with Crippen LogP contribution >= 0.6 is 0 Å². The van der Waals surface area contributed by atoms with E-state index < -0.39 is 0 Å². The number of carbonyl (C=O) groups is 1. The van der Waals surface area contributed by atoms with Gasteiger partial charge in [0.25, 0.3) is 5.91 Å². The zero-order chi connectivity index (χ0) is 17.8. The number of aryl methyl sites for hydroxylation is 1. The smallest absolute Gasteiger partial charge is 0.251 e. The largest absolute Gasteiger partial charge is 0.464 e. The molecule has 2 heterocycles. The topological polar surface area (TPSA) is 83.9 Å². The Kier molecular flexibility index (Phi) is 4.66. The average Bonchev–Trinajstić information content (AvgIpc) is 3.23. The molecule has 1 aromatic carbocycles. The lowest BCUT2D eigenvalue weighted by atomic mass is 10.1. The lowest BCUT2D eigenvalue weighted by Crippen LogP contribution is -2.27. The number of aromatic nitrogens is 2. The van der Waals surface area contributed by atoms with Crippen molar-refractivity contribution in [3.05, 3.63) is 65.2 Å². The van der Waals surface area contributed by atoms with E-state index in [1.165, 1.54) is 0 Å². The van der Waals surface area contributed by atoms with Crippen LogP contribution in [0.4, 0.5) is 0 Å². The highest BCUT2D eigenvalue weighted by Crippen LogP contribution is 2.26. The van der Waals surface area contributed by atoms with Crippen molar-refractivity contribution in [1.82, 2.24) is 15.1 Å². The third-order valence-electron chi connectivity index (χ3n) is 4.01. The first-order valence-electron chi connectivity index (χ1n) is 7.96. The van der Waals surface area contributed by atoms with Crippen LogP contribution in [-0.4, -0.2) is 22.2 Å². The van der Waals surface area contributed by atoms with Gasteiger partial charge in [-0.3, -0.25) is 9.48 Å². The first-order valence-corrected chi connectivity index (χ1v) is 7.96. The van der Waals surface area contributed by atoms with Crippen LogP contribution < -0.4 is 5.32 Å². The summed E-state index contributed by atoms with van der Waals surface area (Å²) in [6.45, 7) is 4.91. The number of nitriles is 1. The summed E-state index contributed by atoms with van der Waals surface area (Å²) in [5, 5.41) is 16.3. The van der Waals surface area contributed by atoms with Crippen molar-refractivity contribution in [3.8, 4) is 17.4 Å². The number of benzene rings is 1. The van der Waals surface area contributed by atoms with Gasteiger partial charge in [0.05, 0.1) is 35.7 Å². The lowest BCUT2D eigenvalue weighted by Gasteiger charge is -2.07. The lowest BCUT2D eigenvalue weighted by molar-refractivity contribution is 0.0952. The first kappa shape index (κ1) is 16.5. The molecule has 0 aliphatic heterocycles. The SMILES string of the molecule is Cc1nn(CCNC(=O)c2cccc(C#N)c2)c(C)c1-c1ccco1. The van der Waals surface area contributed by atoms with E-state index >= 15 is 0 Å². The molecule has 6 heteroatoms. The molecule has 0 aliphatic carbocycles. The fraction of sp³-hybridized carbons (Fsp3) is 0.211. The summed E-state index contributed by atoms with van der Waals surface area (Å²) in [7, 11) is 0. The summed E-state index contributed by atoms with van der Waals surface area (Å²) < 4.78 is 7.33. The number of amides is 1. The van der Waals surface area contributed by atoms with E-state index in [-0.39, 0.29) is 5.91 Å².